The van der Waals surface area contributed by atoms with Crippen LogP contribution in [0.4, 0.5) is 0 Å². The Bertz CT molecular complexity index is 515. The first kappa shape index (κ1) is 16.5. The van der Waals surface area contributed by atoms with Gasteiger partial charge in [-0.05, 0) is 25.0 Å². The van der Waals surface area contributed by atoms with Gasteiger partial charge in [0.1, 0.15) is 12.4 Å². The second-order valence-electron chi connectivity index (χ2n) is 5.43. The summed E-state index contributed by atoms with van der Waals surface area (Å²) in [5, 5.41) is 9.47. The molecule has 5 nitrogen and oxygen atoms in total. The molecule has 5 heteroatoms. The number of amides is 1. The van der Waals surface area contributed by atoms with Gasteiger partial charge in [0.15, 0.2) is 0 Å². The summed E-state index contributed by atoms with van der Waals surface area (Å²) < 4.78 is 11.0. The van der Waals surface area contributed by atoms with Crippen LogP contribution in [0, 0.1) is 0 Å². The van der Waals surface area contributed by atoms with Crippen molar-refractivity contribution in [1.29, 1.82) is 0 Å². The van der Waals surface area contributed by atoms with Gasteiger partial charge in [-0.2, -0.15) is 0 Å². The standard InChI is InChI=1S/C17H23NO4/c1-3-12-22-15-7-5-4-6-14(15)16(20)18-10-8-17(13-19,21-2)9-11-18/h3-7,19H,1,8-13H2,2H3. The average molecular weight is 305 g/mol. The van der Waals surface area contributed by atoms with Crippen molar-refractivity contribution in [3.63, 3.8) is 0 Å². The lowest BCUT2D eigenvalue weighted by Crippen LogP contribution is -2.49. The average Bonchev–Trinajstić information content (AvgIpc) is 2.59. The van der Waals surface area contributed by atoms with Crippen molar-refractivity contribution in [3.8, 4) is 5.75 Å². The fourth-order valence-corrected chi connectivity index (χ4v) is 2.63. The van der Waals surface area contributed by atoms with Crippen molar-refractivity contribution >= 4 is 5.91 Å². The molecule has 0 saturated carbocycles. The van der Waals surface area contributed by atoms with Crippen LogP contribution in [-0.4, -0.2) is 54.9 Å². The molecule has 1 amide bonds. The molecule has 1 fully saturated rings. The molecule has 0 unspecified atom stereocenters. The number of carbonyl (C=O) groups is 1. The Morgan fingerprint density at radius 1 is 1.41 bits per heavy atom. The van der Waals surface area contributed by atoms with Crippen LogP contribution in [0.25, 0.3) is 0 Å². The van der Waals surface area contributed by atoms with Gasteiger partial charge in [0.2, 0.25) is 0 Å². The van der Waals surface area contributed by atoms with Crippen molar-refractivity contribution in [1.82, 2.24) is 4.90 Å². The van der Waals surface area contributed by atoms with E-state index in [0.29, 0.717) is 43.9 Å². The molecule has 0 bridgehead atoms. The summed E-state index contributed by atoms with van der Waals surface area (Å²) in [5.74, 6) is 0.514. The van der Waals surface area contributed by atoms with Crippen LogP contribution in [0.1, 0.15) is 23.2 Å². The van der Waals surface area contributed by atoms with Crippen LogP contribution in [0.3, 0.4) is 0 Å². The number of hydrogen-bond acceptors (Lipinski definition) is 4. The number of hydrogen-bond donors (Lipinski definition) is 1. The van der Waals surface area contributed by atoms with Crippen LogP contribution in [0.5, 0.6) is 5.75 Å². The monoisotopic (exact) mass is 305 g/mol. The molecule has 0 aromatic heterocycles. The number of ether oxygens (including phenoxy) is 2. The van der Waals surface area contributed by atoms with Crippen molar-refractivity contribution < 1.29 is 19.4 Å². The molecule has 1 saturated heterocycles. The van der Waals surface area contributed by atoms with Crippen molar-refractivity contribution in [3.05, 3.63) is 42.5 Å². The fourth-order valence-electron chi connectivity index (χ4n) is 2.63. The zero-order valence-electron chi connectivity index (χ0n) is 13.0. The second kappa shape index (κ2) is 7.42. The van der Waals surface area contributed by atoms with E-state index in [4.69, 9.17) is 9.47 Å². The summed E-state index contributed by atoms with van der Waals surface area (Å²) in [6.45, 7) is 5.07. The number of nitrogens with zero attached hydrogens (tertiary/aromatic N) is 1. The van der Waals surface area contributed by atoms with Gasteiger partial charge in [0.25, 0.3) is 5.91 Å². The van der Waals surface area contributed by atoms with E-state index >= 15 is 0 Å². The molecule has 0 radical (unpaired) electrons. The number of benzene rings is 1. The Labute approximate surface area is 131 Å². The van der Waals surface area contributed by atoms with Crippen LogP contribution in [0.2, 0.25) is 0 Å². The van der Waals surface area contributed by atoms with Gasteiger partial charge in [-0.3, -0.25) is 4.79 Å². The summed E-state index contributed by atoms with van der Waals surface area (Å²) in [6, 6.07) is 7.22. The molecule has 1 N–H and O–H groups in total. The Kier molecular flexibility index (Phi) is 5.57. The SMILES string of the molecule is C=CCOc1ccccc1C(=O)N1CCC(CO)(OC)CC1. The maximum Gasteiger partial charge on any atom is 0.257 e. The number of rotatable bonds is 6. The van der Waals surface area contributed by atoms with Gasteiger partial charge in [-0.25, -0.2) is 0 Å². The molecule has 0 atom stereocenters. The normalized spacial score (nSPS) is 17.1. The van der Waals surface area contributed by atoms with Gasteiger partial charge < -0.3 is 19.5 Å². The van der Waals surface area contributed by atoms with Crippen LogP contribution >= 0.6 is 0 Å². The van der Waals surface area contributed by atoms with Gasteiger partial charge >= 0.3 is 0 Å². The third-order valence-corrected chi connectivity index (χ3v) is 4.16. The van der Waals surface area contributed by atoms with E-state index in [1.54, 1.807) is 30.2 Å². The first-order chi connectivity index (χ1) is 10.7. The second-order valence-corrected chi connectivity index (χ2v) is 5.43. The summed E-state index contributed by atoms with van der Waals surface area (Å²) >= 11 is 0. The first-order valence-electron chi connectivity index (χ1n) is 7.44. The number of aliphatic hydroxyl groups excluding tert-OH is 1. The molecule has 2 rings (SSSR count). The molecule has 0 aliphatic carbocycles. The Hall–Kier alpha value is -1.85. The lowest BCUT2D eigenvalue weighted by atomic mass is 9.91. The van der Waals surface area contributed by atoms with Crippen molar-refractivity contribution in [2.45, 2.75) is 18.4 Å². The summed E-state index contributed by atoms with van der Waals surface area (Å²) in [6.07, 6.45) is 2.90. The molecule has 1 aliphatic heterocycles. The minimum Gasteiger partial charge on any atom is -0.489 e. The van der Waals surface area contributed by atoms with Crippen LogP contribution in [-0.2, 0) is 4.74 Å². The molecular formula is C17H23NO4. The zero-order valence-corrected chi connectivity index (χ0v) is 13.0. The topological polar surface area (TPSA) is 59.0 Å². The maximum atomic E-state index is 12.7. The number of aliphatic hydroxyl groups is 1. The van der Waals surface area contributed by atoms with E-state index in [0.717, 1.165) is 0 Å². The minimum absolute atomic E-state index is 0.0233. The molecule has 120 valence electrons. The van der Waals surface area contributed by atoms with E-state index in [1.165, 1.54) is 0 Å². The van der Waals surface area contributed by atoms with Gasteiger partial charge in [-0.1, -0.05) is 24.8 Å². The quantitative estimate of drug-likeness (QED) is 0.815. The fraction of sp³-hybridized carbons (Fsp3) is 0.471. The number of para-hydroxylation sites is 1. The molecule has 22 heavy (non-hydrogen) atoms. The zero-order chi connectivity index (χ0) is 16.0. The predicted octanol–water partition coefficient (Wildman–Crippen LogP) is 1.86. The van der Waals surface area contributed by atoms with Crippen LogP contribution in [0.15, 0.2) is 36.9 Å². The summed E-state index contributed by atoms with van der Waals surface area (Å²) in [4.78, 5) is 14.5. The Morgan fingerprint density at radius 2 is 2.09 bits per heavy atom. The minimum atomic E-state index is -0.518. The number of methoxy groups -OCH3 is 1. The third kappa shape index (κ3) is 3.48. The van der Waals surface area contributed by atoms with E-state index < -0.39 is 5.60 Å². The highest BCUT2D eigenvalue weighted by Gasteiger charge is 2.36. The lowest BCUT2D eigenvalue weighted by Gasteiger charge is -2.39. The smallest absolute Gasteiger partial charge is 0.257 e. The summed E-state index contributed by atoms with van der Waals surface area (Å²) in [5.41, 5.74) is 0.0357. The van der Waals surface area contributed by atoms with E-state index in [1.807, 2.05) is 12.1 Å². The maximum absolute atomic E-state index is 12.7. The number of piperidine rings is 1. The Morgan fingerprint density at radius 3 is 2.68 bits per heavy atom. The third-order valence-electron chi connectivity index (χ3n) is 4.16. The van der Waals surface area contributed by atoms with Crippen molar-refractivity contribution in [2.75, 3.05) is 33.4 Å². The number of likely N-dealkylation sites (tertiary alicyclic amines) is 1. The highest BCUT2D eigenvalue weighted by Crippen LogP contribution is 2.28. The first-order valence-corrected chi connectivity index (χ1v) is 7.44. The largest absolute Gasteiger partial charge is 0.489 e. The van der Waals surface area contributed by atoms with Crippen LogP contribution < -0.4 is 4.74 Å². The number of carbonyl (C=O) groups excluding carboxylic acids is 1. The summed E-state index contributed by atoms with van der Waals surface area (Å²) in [7, 11) is 1.60. The highest BCUT2D eigenvalue weighted by molar-refractivity contribution is 5.97. The van der Waals surface area contributed by atoms with Gasteiger partial charge in [-0.15, -0.1) is 0 Å². The van der Waals surface area contributed by atoms with E-state index in [9.17, 15) is 9.90 Å². The van der Waals surface area contributed by atoms with Crippen molar-refractivity contribution in [2.24, 2.45) is 0 Å². The van der Waals surface area contributed by atoms with E-state index in [-0.39, 0.29) is 12.5 Å². The molecule has 1 aliphatic rings. The lowest BCUT2D eigenvalue weighted by molar-refractivity contribution is -0.0846. The van der Waals surface area contributed by atoms with Gasteiger partial charge in [0, 0.05) is 20.2 Å². The molecule has 1 aromatic carbocycles. The predicted molar refractivity (Wildman–Crippen MR) is 84.1 cm³/mol. The Balaban J connectivity index is 2.08. The van der Waals surface area contributed by atoms with Gasteiger partial charge in [0.05, 0.1) is 17.8 Å². The molecule has 1 heterocycles. The molecule has 0 spiro atoms. The molecule has 1 aromatic rings. The molecular weight excluding hydrogens is 282 g/mol. The van der Waals surface area contributed by atoms with E-state index in [2.05, 4.69) is 6.58 Å². The highest BCUT2D eigenvalue weighted by atomic mass is 16.5.